The van der Waals surface area contributed by atoms with Gasteiger partial charge in [0.05, 0.1) is 17.2 Å². The molecule has 0 aliphatic carbocycles. The Balaban J connectivity index is 1.74. The van der Waals surface area contributed by atoms with Crippen LogP contribution in [0.2, 0.25) is 0 Å². The highest BCUT2D eigenvalue weighted by molar-refractivity contribution is 7.12. The number of aromatic nitrogens is 2. The number of ether oxygens (including phenoxy) is 3. The summed E-state index contributed by atoms with van der Waals surface area (Å²) in [6, 6.07) is 9.97. The number of allylic oxidation sites excluding steroid dienone is 1. The Labute approximate surface area is 165 Å². The third kappa shape index (κ3) is 2.37. The van der Waals surface area contributed by atoms with Crippen LogP contribution in [0.5, 0.6) is 17.4 Å². The number of nitrogens with two attached hydrogens (primary N) is 1. The van der Waals surface area contributed by atoms with E-state index >= 15 is 0 Å². The van der Waals surface area contributed by atoms with Crippen LogP contribution in [0.4, 0.5) is 0 Å². The Morgan fingerprint density at radius 1 is 1.25 bits per heavy atom. The van der Waals surface area contributed by atoms with Gasteiger partial charge < -0.3 is 19.9 Å². The fourth-order valence-corrected chi connectivity index (χ4v) is 4.69. The van der Waals surface area contributed by atoms with Gasteiger partial charge in [0, 0.05) is 15.3 Å². The Hall–Kier alpha value is -3.44. The van der Waals surface area contributed by atoms with E-state index in [0.717, 1.165) is 27.3 Å². The number of rotatable bonds is 2. The third-order valence-electron chi connectivity index (χ3n) is 4.98. The zero-order valence-corrected chi connectivity index (χ0v) is 16.0. The minimum Gasteiger partial charge on any atom is -0.454 e. The molecular formula is C20H16N4O3S. The largest absolute Gasteiger partial charge is 0.454 e. The number of H-pyrrole nitrogens is 1. The number of nitrogens with zero attached hydrogens (tertiary/aromatic N) is 2. The molecular weight excluding hydrogens is 376 g/mol. The van der Waals surface area contributed by atoms with Crippen molar-refractivity contribution in [2.24, 2.45) is 5.73 Å². The Bertz CT molecular complexity index is 1180. The van der Waals surface area contributed by atoms with Crippen molar-refractivity contribution < 1.29 is 14.2 Å². The van der Waals surface area contributed by atoms with Gasteiger partial charge in [0.15, 0.2) is 11.5 Å². The number of thiophene rings is 1. The summed E-state index contributed by atoms with van der Waals surface area (Å²) >= 11 is 1.71. The van der Waals surface area contributed by atoms with Crippen molar-refractivity contribution >= 4 is 11.3 Å². The lowest BCUT2D eigenvalue weighted by Crippen LogP contribution is -2.21. The van der Waals surface area contributed by atoms with Crippen LogP contribution in [0.25, 0.3) is 11.3 Å². The van der Waals surface area contributed by atoms with Crippen LogP contribution < -0.4 is 19.9 Å². The summed E-state index contributed by atoms with van der Waals surface area (Å²) in [7, 11) is 0. The average molecular weight is 392 g/mol. The van der Waals surface area contributed by atoms with Crippen molar-refractivity contribution in [2.45, 2.75) is 19.8 Å². The van der Waals surface area contributed by atoms with Crippen molar-refractivity contribution in [3.8, 4) is 34.7 Å². The van der Waals surface area contributed by atoms with Gasteiger partial charge in [-0.2, -0.15) is 5.26 Å². The molecule has 3 aromatic rings. The number of aromatic amines is 1. The van der Waals surface area contributed by atoms with Gasteiger partial charge in [-0.25, -0.2) is 0 Å². The topological polar surface area (TPSA) is 106 Å². The summed E-state index contributed by atoms with van der Waals surface area (Å²) in [6.07, 6.45) is 0. The zero-order valence-electron chi connectivity index (χ0n) is 15.2. The van der Waals surface area contributed by atoms with Gasteiger partial charge in [-0.05, 0) is 37.6 Å². The summed E-state index contributed by atoms with van der Waals surface area (Å²) in [5, 5.41) is 17.2. The fraction of sp³-hybridized carbons (Fsp3) is 0.200. The van der Waals surface area contributed by atoms with Crippen molar-refractivity contribution in [2.75, 3.05) is 6.79 Å². The maximum Gasteiger partial charge on any atom is 0.244 e. The standard InChI is InChI=1S/C20H16N4O3S/c1-9-5-12(10(2)28-9)18-17-16(11-3-4-14-15(6-11)26-8-25-14)13(7-21)19(22)27-20(17)24-23-18/h3-6,16H,8,22H2,1-2H3,(H,23,24)/t16-/m1/s1. The summed E-state index contributed by atoms with van der Waals surface area (Å²) in [5.41, 5.74) is 9.94. The minimum atomic E-state index is -0.420. The van der Waals surface area contributed by atoms with E-state index in [1.807, 2.05) is 18.2 Å². The van der Waals surface area contributed by atoms with Crippen LogP contribution in [0, 0.1) is 25.2 Å². The van der Waals surface area contributed by atoms with Gasteiger partial charge in [-0.1, -0.05) is 6.07 Å². The van der Waals surface area contributed by atoms with Gasteiger partial charge in [0.2, 0.25) is 18.6 Å². The molecule has 0 bridgehead atoms. The van der Waals surface area contributed by atoms with Crippen LogP contribution in [0.3, 0.4) is 0 Å². The first kappa shape index (κ1) is 16.7. The third-order valence-corrected chi connectivity index (χ3v) is 5.95. The molecule has 140 valence electrons. The monoisotopic (exact) mass is 392 g/mol. The summed E-state index contributed by atoms with van der Waals surface area (Å²) < 4.78 is 16.6. The fourth-order valence-electron chi connectivity index (χ4n) is 3.76. The van der Waals surface area contributed by atoms with E-state index in [1.54, 1.807) is 11.3 Å². The molecule has 0 saturated carbocycles. The first-order valence-electron chi connectivity index (χ1n) is 8.69. The SMILES string of the molecule is Cc1cc(-c2[nH]nc3c2[C@H](c2ccc4c(c2)OCO4)C(C#N)=C(N)O3)c(C)s1. The zero-order chi connectivity index (χ0) is 19.4. The number of nitrogens with one attached hydrogen (secondary N) is 1. The highest BCUT2D eigenvalue weighted by Gasteiger charge is 2.36. The van der Waals surface area contributed by atoms with Crippen LogP contribution in [0.15, 0.2) is 35.7 Å². The molecule has 3 N–H and O–H groups in total. The lowest BCUT2D eigenvalue weighted by atomic mass is 9.83. The van der Waals surface area contributed by atoms with E-state index in [2.05, 4.69) is 36.2 Å². The molecule has 0 fully saturated rings. The normalized spacial score (nSPS) is 17.2. The molecule has 8 heteroatoms. The van der Waals surface area contributed by atoms with E-state index in [0.29, 0.717) is 23.0 Å². The van der Waals surface area contributed by atoms with E-state index in [9.17, 15) is 5.26 Å². The highest BCUT2D eigenvalue weighted by atomic mass is 32.1. The number of hydrogen-bond donors (Lipinski definition) is 2. The average Bonchev–Trinajstić information content (AvgIpc) is 3.37. The van der Waals surface area contributed by atoms with E-state index in [4.69, 9.17) is 19.9 Å². The van der Waals surface area contributed by atoms with Crippen molar-refractivity contribution in [3.63, 3.8) is 0 Å². The molecule has 5 rings (SSSR count). The van der Waals surface area contributed by atoms with Gasteiger partial charge in [0.25, 0.3) is 0 Å². The van der Waals surface area contributed by atoms with Gasteiger partial charge >= 0.3 is 0 Å². The second kappa shape index (κ2) is 6.04. The maximum absolute atomic E-state index is 9.82. The van der Waals surface area contributed by atoms with Crippen LogP contribution in [0.1, 0.15) is 26.8 Å². The lowest BCUT2D eigenvalue weighted by molar-refractivity contribution is 0.174. The highest BCUT2D eigenvalue weighted by Crippen LogP contribution is 2.48. The first-order valence-corrected chi connectivity index (χ1v) is 9.51. The molecule has 4 heterocycles. The van der Waals surface area contributed by atoms with E-state index < -0.39 is 5.92 Å². The van der Waals surface area contributed by atoms with E-state index in [-0.39, 0.29) is 12.7 Å². The van der Waals surface area contributed by atoms with Crippen LogP contribution in [-0.4, -0.2) is 17.0 Å². The molecule has 0 saturated heterocycles. The Morgan fingerprint density at radius 2 is 2.07 bits per heavy atom. The second-order valence-corrected chi connectivity index (χ2v) is 8.14. The quantitative estimate of drug-likeness (QED) is 0.689. The van der Waals surface area contributed by atoms with Gasteiger partial charge in [-0.3, -0.25) is 5.10 Å². The number of hydrogen-bond acceptors (Lipinski definition) is 7. The van der Waals surface area contributed by atoms with Crippen molar-refractivity contribution in [3.05, 3.63) is 56.6 Å². The molecule has 0 spiro atoms. The molecule has 7 nitrogen and oxygen atoms in total. The number of fused-ring (bicyclic) bond motifs is 2. The van der Waals surface area contributed by atoms with Crippen LogP contribution >= 0.6 is 11.3 Å². The molecule has 1 atom stereocenters. The minimum absolute atomic E-state index is 0.0638. The molecule has 0 radical (unpaired) electrons. The van der Waals surface area contributed by atoms with Gasteiger partial charge in [-0.15, -0.1) is 16.4 Å². The summed E-state index contributed by atoms with van der Waals surface area (Å²) in [5.74, 6) is 1.36. The number of aryl methyl sites for hydroxylation is 2. The van der Waals surface area contributed by atoms with Gasteiger partial charge in [0.1, 0.15) is 11.6 Å². The molecule has 2 aliphatic rings. The molecule has 0 amide bonds. The first-order chi connectivity index (χ1) is 13.6. The molecule has 28 heavy (non-hydrogen) atoms. The van der Waals surface area contributed by atoms with Crippen LogP contribution in [-0.2, 0) is 0 Å². The smallest absolute Gasteiger partial charge is 0.244 e. The van der Waals surface area contributed by atoms with Crippen molar-refractivity contribution in [1.29, 1.82) is 5.26 Å². The molecule has 0 unspecified atom stereocenters. The second-order valence-electron chi connectivity index (χ2n) is 6.68. The Morgan fingerprint density at radius 3 is 2.82 bits per heavy atom. The molecule has 1 aromatic carbocycles. The predicted octanol–water partition coefficient (Wildman–Crippen LogP) is 3.70. The predicted molar refractivity (Wildman–Crippen MR) is 103 cm³/mol. The molecule has 2 aliphatic heterocycles. The maximum atomic E-state index is 9.82. The molecule has 2 aromatic heterocycles. The summed E-state index contributed by atoms with van der Waals surface area (Å²) in [4.78, 5) is 2.36. The number of nitriles is 1. The van der Waals surface area contributed by atoms with E-state index in [1.165, 1.54) is 4.88 Å². The Kier molecular flexibility index (Phi) is 3.60. The lowest BCUT2D eigenvalue weighted by Gasteiger charge is -2.24. The summed E-state index contributed by atoms with van der Waals surface area (Å²) in [6.45, 7) is 4.31. The van der Waals surface area contributed by atoms with Crippen molar-refractivity contribution in [1.82, 2.24) is 10.2 Å². The number of benzene rings is 1.